The summed E-state index contributed by atoms with van der Waals surface area (Å²) in [5.41, 5.74) is 8.71. The predicted molar refractivity (Wildman–Crippen MR) is 116 cm³/mol. The first-order chi connectivity index (χ1) is 13.5. The molecule has 0 spiro atoms. The Morgan fingerprint density at radius 2 is 1.89 bits per heavy atom. The minimum atomic E-state index is 0.00659. The molecule has 3 aromatic rings. The molecule has 1 aliphatic carbocycles. The molecule has 2 atom stereocenters. The fraction of sp³-hybridized carbons (Fsp3) is 0.391. The highest BCUT2D eigenvalue weighted by Crippen LogP contribution is 2.31. The van der Waals surface area contributed by atoms with Gasteiger partial charge in [-0.3, -0.25) is 9.36 Å². The second-order valence-corrected chi connectivity index (χ2v) is 8.45. The van der Waals surface area contributed by atoms with E-state index in [9.17, 15) is 4.79 Å². The van der Waals surface area contributed by atoms with Crippen LogP contribution in [0.1, 0.15) is 31.2 Å². The van der Waals surface area contributed by atoms with E-state index >= 15 is 0 Å². The molecule has 0 saturated heterocycles. The number of aromatic nitrogens is 2. The topological polar surface area (TPSA) is 60.9 Å². The van der Waals surface area contributed by atoms with Crippen molar-refractivity contribution < 1.29 is 0 Å². The lowest BCUT2D eigenvalue weighted by atomic mass is 9.81. The van der Waals surface area contributed by atoms with Crippen LogP contribution in [-0.2, 0) is 6.54 Å². The molecule has 0 bridgehead atoms. The lowest BCUT2D eigenvalue weighted by molar-refractivity contribution is 0.246. The fourth-order valence-electron chi connectivity index (χ4n) is 4.33. The number of halogens is 1. The molecule has 2 N–H and O–H groups in total. The first kappa shape index (κ1) is 19.2. The van der Waals surface area contributed by atoms with Crippen LogP contribution in [0.3, 0.4) is 0 Å². The second kappa shape index (κ2) is 8.06. The van der Waals surface area contributed by atoms with E-state index in [4.69, 9.17) is 22.3 Å². The van der Waals surface area contributed by atoms with Gasteiger partial charge in [0.1, 0.15) is 5.82 Å². The van der Waals surface area contributed by atoms with Crippen molar-refractivity contribution in [2.45, 2.75) is 39.2 Å². The first-order valence-corrected chi connectivity index (χ1v) is 10.4. The van der Waals surface area contributed by atoms with Crippen LogP contribution < -0.4 is 11.3 Å². The van der Waals surface area contributed by atoms with Gasteiger partial charge in [-0.05, 0) is 62.8 Å². The molecule has 1 aromatic heterocycles. The van der Waals surface area contributed by atoms with Crippen molar-refractivity contribution in [1.82, 2.24) is 9.55 Å². The molecule has 1 heterocycles. The summed E-state index contributed by atoms with van der Waals surface area (Å²) in [6, 6.07) is 13.5. The van der Waals surface area contributed by atoms with Crippen LogP contribution >= 0.6 is 11.6 Å². The van der Waals surface area contributed by atoms with Gasteiger partial charge in [0.2, 0.25) is 0 Å². The van der Waals surface area contributed by atoms with E-state index in [1.165, 1.54) is 18.4 Å². The highest BCUT2D eigenvalue weighted by molar-refractivity contribution is 6.31. The van der Waals surface area contributed by atoms with Gasteiger partial charge in [-0.15, -0.1) is 0 Å². The number of nitrogens with zero attached hydrogens (tertiary/aromatic N) is 2. The third-order valence-electron chi connectivity index (χ3n) is 5.89. The third kappa shape index (κ3) is 3.85. The molecule has 146 valence electrons. The van der Waals surface area contributed by atoms with Gasteiger partial charge >= 0.3 is 0 Å². The Kier molecular flexibility index (Phi) is 5.51. The van der Waals surface area contributed by atoms with Crippen LogP contribution in [0.15, 0.2) is 47.3 Å². The van der Waals surface area contributed by atoms with Gasteiger partial charge in [-0.25, -0.2) is 4.98 Å². The third-order valence-corrected chi connectivity index (χ3v) is 6.13. The number of rotatable bonds is 4. The summed E-state index contributed by atoms with van der Waals surface area (Å²) in [5, 5.41) is 1.21. The molecule has 0 amide bonds. The summed E-state index contributed by atoms with van der Waals surface area (Å²) in [4.78, 5) is 18.2. The molecule has 0 aliphatic heterocycles. The van der Waals surface area contributed by atoms with Crippen LogP contribution in [0.4, 0.5) is 0 Å². The minimum Gasteiger partial charge on any atom is -0.330 e. The van der Waals surface area contributed by atoms with Crippen molar-refractivity contribution in [2.24, 2.45) is 17.6 Å². The van der Waals surface area contributed by atoms with Crippen LogP contribution in [0.25, 0.3) is 22.3 Å². The minimum absolute atomic E-state index is 0.00659. The van der Waals surface area contributed by atoms with Gasteiger partial charge in [0.15, 0.2) is 0 Å². The smallest absolute Gasteiger partial charge is 0.261 e. The zero-order valence-corrected chi connectivity index (χ0v) is 17.0. The van der Waals surface area contributed by atoms with Crippen molar-refractivity contribution in [2.75, 3.05) is 6.54 Å². The van der Waals surface area contributed by atoms with Gasteiger partial charge in [0.25, 0.3) is 5.56 Å². The summed E-state index contributed by atoms with van der Waals surface area (Å²) in [6.07, 6.45) is 4.59. The van der Waals surface area contributed by atoms with Crippen LogP contribution in [0.2, 0.25) is 5.02 Å². The summed E-state index contributed by atoms with van der Waals surface area (Å²) in [7, 11) is 0. The highest BCUT2D eigenvalue weighted by atomic mass is 35.5. The zero-order chi connectivity index (χ0) is 19.7. The van der Waals surface area contributed by atoms with Gasteiger partial charge in [-0.1, -0.05) is 47.9 Å². The van der Waals surface area contributed by atoms with Crippen molar-refractivity contribution in [3.63, 3.8) is 0 Å². The Morgan fingerprint density at radius 1 is 1.14 bits per heavy atom. The van der Waals surface area contributed by atoms with E-state index in [2.05, 4.69) is 19.1 Å². The molecular formula is C23H26ClN3O. The molecule has 1 fully saturated rings. The molecule has 4 rings (SSSR count). The van der Waals surface area contributed by atoms with Crippen molar-refractivity contribution in [1.29, 1.82) is 0 Å². The summed E-state index contributed by atoms with van der Waals surface area (Å²) >= 11 is 6.16. The number of hydrogen-bond donors (Lipinski definition) is 1. The van der Waals surface area contributed by atoms with Crippen LogP contribution in [0.5, 0.6) is 0 Å². The number of aryl methyl sites for hydroxylation is 1. The Balaban J connectivity index is 1.83. The molecule has 4 nitrogen and oxygen atoms in total. The maximum absolute atomic E-state index is 13.4. The van der Waals surface area contributed by atoms with E-state index in [1.54, 1.807) is 18.2 Å². The van der Waals surface area contributed by atoms with Gasteiger partial charge in [0.05, 0.1) is 10.9 Å². The van der Waals surface area contributed by atoms with Gasteiger partial charge in [-0.2, -0.15) is 0 Å². The maximum atomic E-state index is 13.4. The van der Waals surface area contributed by atoms with E-state index in [0.29, 0.717) is 34.3 Å². The largest absolute Gasteiger partial charge is 0.330 e. The molecule has 1 aliphatic rings. The number of nitrogens with two attached hydrogens (primary N) is 1. The van der Waals surface area contributed by atoms with E-state index < -0.39 is 0 Å². The van der Waals surface area contributed by atoms with Crippen molar-refractivity contribution in [3.8, 4) is 11.4 Å². The monoisotopic (exact) mass is 395 g/mol. The molecule has 2 aromatic carbocycles. The zero-order valence-electron chi connectivity index (χ0n) is 16.2. The molecule has 1 saturated carbocycles. The fourth-order valence-corrected chi connectivity index (χ4v) is 4.49. The quantitative estimate of drug-likeness (QED) is 0.690. The normalized spacial score (nSPS) is 19.8. The average molecular weight is 396 g/mol. The number of fused-ring (bicyclic) bond motifs is 1. The predicted octanol–water partition coefficient (Wildman–Crippen LogP) is 4.79. The molecule has 28 heavy (non-hydrogen) atoms. The maximum Gasteiger partial charge on any atom is 0.261 e. The summed E-state index contributed by atoms with van der Waals surface area (Å²) < 4.78 is 1.87. The van der Waals surface area contributed by atoms with Crippen LogP contribution in [-0.4, -0.2) is 16.1 Å². The number of benzene rings is 2. The van der Waals surface area contributed by atoms with Crippen molar-refractivity contribution in [3.05, 3.63) is 63.4 Å². The highest BCUT2D eigenvalue weighted by Gasteiger charge is 2.23. The molecule has 2 unspecified atom stereocenters. The van der Waals surface area contributed by atoms with Crippen molar-refractivity contribution >= 4 is 22.5 Å². The van der Waals surface area contributed by atoms with E-state index in [1.807, 2.05) is 16.7 Å². The summed E-state index contributed by atoms with van der Waals surface area (Å²) in [6.45, 7) is 3.47. The first-order valence-electron chi connectivity index (χ1n) is 10.0. The van der Waals surface area contributed by atoms with E-state index in [-0.39, 0.29) is 5.56 Å². The van der Waals surface area contributed by atoms with E-state index in [0.717, 1.165) is 30.8 Å². The lowest BCUT2D eigenvalue weighted by Gasteiger charge is -2.29. The standard InChI is InChI=1S/C23H26ClN3O/c1-15-5-7-18(8-6-15)22-26-21-12-19(24)9-10-20(21)23(28)27(22)14-17-4-2-3-16(11-17)13-25/h5-10,12,16-17H,2-4,11,13-14,25H2,1H3. The SMILES string of the molecule is Cc1ccc(-c2nc3cc(Cl)ccc3c(=O)n2CC2CCCC(CN)C2)cc1. The molecular weight excluding hydrogens is 370 g/mol. The second-order valence-electron chi connectivity index (χ2n) is 8.01. The van der Waals surface area contributed by atoms with Crippen LogP contribution in [0, 0.1) is 18.8 Å². The molecule has 0 radical (unpaired) electrons. The Hall–Kier alpha value is -2.17. The Morgan fingerprint density at radius 3 is 2.64 bits per heavy atom. The average Bonchev–Trinajstić information content (AvgIpc) is 2.70. The summed E-state index contributed by atoms with van der Waals surface area (Å²) in [5.74, 6) is 1.73. The Labute approximate surface area is 170 Å². The Bertz CT molecular complexity index is 1040. The van der Waals surface area contributed by atoms with Gasteiger partial charge < -0.3 is 5.73 Å². The molecule has 5 heteroatoms. The number of hydrogen-bond acceptors (Lipinski definition) is 3. The lowest BCUT2D eigenvalue weighted by Crippen LogP contribution is -2.30. The van der Waals surface area contributed by atoms with Gasteiger partial charge in [0, 0.05) is 17.1 Å².